The molecule has 0 spiro atoms. The van der Waals surface area contributed by atoms with Crippen LogP contribution < -0.4 is 10.9 Å². The summed E-state index contributed by atoms with van der Waals surface area (Å²) < 4.78 is 0. The van der Waals surface area contributed by atoms with E-state index in [1.165, 1.54) is 49.1 Å². The van der Waals surface area contributed by atoms with Crippen LogP contribution in [0.2, 0.25) is 0 Å². The second-order valence-corrected chi connectivity index (χ2v) is 9.34. The van der Waals surface area contributed by atoms with Gasteiger partial charge in [0.1, 0.15) is 5.75 Å². The number of aromatic hydroxyl groups is 1. The molecule has 0 radical (unpaired) electrons. The monoisotopic (exact) mass is 390 g/mol. The summed E-state index contributed by atoms with van der Waals surface area (Å²) in [4.78, 5) is 25.7. The van der Waals surface area contributed by atoms with E-state index in [0.29, 0.717) is 17.4 Å². The number of rotatable bonds is 3. The van der Waals surface area contributed by atoms with Crippen molar-refractivity contribution >= 4 is 11.8 Å². The van der Waals surface area contributed by atoms with Gasteiger partial charge in [0.2, 0.25) is 5.91 Å². The Hall–Kier alpha value is -2.82. The molecule has 150 valence electrons. The number of benzene rings is 2. The van der Waals surface area contributed by atoms with Crippen LogP contribution in [0.4, 0.5) is 0 Å². The molecule has 4 fully saturated rings. The van der Waals surface area contributed by atoms with E-state index in [9.17, 15) is 14.7 Å². The number of phenolic OH excluding ortho intramolecular Hbond substituents is 1. The van der Waals surface area contributed by atoms with Crippen LogP contribution in [-0.2, 0) is 10.2 Å². The SMILES string of the molecule is O=C(NNC(=O)C12C[C@H]3C[C@@H](C1)CC(c1ccccc1)(C3)C2)c1ccc(O)cc1. The summed E-state index contributed by atoms with van der Waals surface area (Å²) in [5.74, 6) is 0.829. The van der Waals surface area contributed by atoms with Crippen LogP contribution in [0.15, 0.2) is 54.6 Å². The third kappa shape index (κ3) is 3.09. The zero-order valence-corrected chi connectivity index (χ0v) is 16.4. The number of amides is 2. The van der Waals surface area contributed by atoms with Crippen molar-refractivity contribution in [3.63, 3.8) is 0 Å². The van der Waals surface area contributed by atoms with Crippen LogP contribution in [0, 0.1) is 17.3 Å². The molecule has 0 heterocycles. The maximum atomic E-state index is 13.3. The van der Waals surface area contributed by atoms with Gasteiger partial charge in [0.25, 0.3) is 5.91 Å². The zero-order valence-electron chi connectivity index (χ0n) is 16.4. The van der Waals surface area contributed by atoms with Gasteiger partial charge < -0.3 is 5.11 Å². The van der Waals surface area contributed by atoms with Gasteiger partial charge in [0.15, 0.2) is 0 Å². The summed E-state index contributed by atoms with van der Waals surface area (Å²) in [5.41, 5.74) is 6.74. The number of carbonyl (C=O) groups is 2. The van der Waals surface area contributed by atoms with Gasteiger partial charge in [-0.25, -0.2) is 0 Å². The minimum absolute atomic E-state index is 0.0564. The molecule has 0 saturated heterocycles. The molecule has 4 aliphatic carbocycles. The van der Waals surface area contributed by atoms with E-state index < -0.39 is 5.41 Å². The maximum Gasteiger partial charge on any atom is 0.269 e. The average Bonchev–Trinajstić information content (AvgIpc) is 2.72. The molecule has 4 aliphatic rings. The highest BCUT2D eigenvalue weighted by Gasteiger charge is 2.60. The number of carbonyl (C=O) groups excluding carboxylic acids is 2. The molecule has 5 heteroatoms. The smallest absolute Gasteiger partial charge is 0.269 e. The van der Waals surface area contributed by atoms with Gasteiger partial charge in [0, 0.05) is 5.56 Å². The lowest BCUT2D eigenvalue weighted by molar-refractivity contribution is -0.149. The molecule has 2 aromatic carbocycles. The van der Waals surface area contributed by atoms with Gasteiger partial charge in [0.05, 0.1) is 5.41 Å². The van der Waals surface area contributed by atoms with Crippen LogP contribution in [0.25, 0.3) is 0 Å². The lowest BCUT2D eigenvalue weighted by Crippen LogP contribution is -2.60. The van der Waals surface area contributed by atoms with Gasteiger partial charge >= 0.3 is 0 Å². The Morgan fingerprint density at radius 1 is 0.862 bits per heavy atom. The van der Waals surface area contributed by atoms with Crippen molar-refractivity contribution in [1.82, 2.24) is 10.9 Å². The first kappa shape index (κ1) is 18.2. The van der Waals surface area contributed by atoms with Crippen molar-refractivity contribution < 1.29 is 14.7 Å². The molecule has 2 unspecified atom stereocenters. The van der Waals surface area contributed by atoms with Crippen LogP contribution in [0.3, 0.4) is 0 Å². The van der Waals surface area contributed by atoms with E-state index in [4.69, 9.17) is 0 Å². The van der Waals surface area contributed by atoms with Gasteiger partial charge in [-0.3, -0.25) is 20.4 Å². The molecule has 6 rings (SSSR count). The summed E-state index contributed by atoms with van der Waals surface area (Å²) in [6.07, 6.45) is 6.25. The molecule has 3 N–H and O–H groups in total. The fraction of sp³-hybridized carbons (Fsp3) is 0.417. The molecule has 5 nitrogen and oxygen atoms in total. The maximum absolute atomic E-state index is 13.3. The zero-order chi connectivity index (χ0) is 20.1. The molecule has 4 atom stereocenters. The Morgan fingerprint density at radius 3 is 2.17 bits per heavy atom. The first-order valence-electron chi connectivity index (χ1n) is 10.4. The van der Waals surface area contributed by atoms with Crippen molar-refractivity contribution in [3.05, 3.63) is 65.7 Å². The number of nitrogens with one attached hydrogen (secondary N) is 2. The number of hydrazine groups is 1. The fourth-order valence-electron chi connectivity index (χ4n) is 6.59. The van der Waals surface area contributed by atoms with E-state index in [2.05, 4.69) is 35.1 Å². The van der Waals surface area contributed by atoms with E-state index >= 15 is 0 Å². The summed E-state index contributed by atoms with van der Waals surface area (Å²) in [5, 5.41) is 9.37. The predicted molar refractivity (Wildman–Crippen MR) is 109 cm³/mol. The summed E-state index contributed by atoms with van der Waals surface area (Å²) in [6, 6.07) is 16.6. The van der Waals surface area contributed by atoms with E-state index in [1.807, 2.05) is 6.07 Å². The van der Waals surface area contributed by atoms with Crippen LogP contribution in [-0.4, -0.2) is 16.9 Å². The quantitative estimate of drug-likeness (QED) is 0.700. The third-order valence-electron chi connectivity index (χ3n) is 7.35. The minimum atomic E-state index is -0.401. The van der Waals surface area contributed by atoms with Crippen LogP contribution in [0.5, 0.6) is 5.75 Å². The molecular formula is C24H26N2O3. The van der Waals surface area contributed by atoms with Crippen LogP contribution >= 0.6 is 0 Å². The second-order valence-electron chi connectivity index (χ2n) is 9.34. The Balaban J connectivity index is 1.34. The summed E-state index contributed by atoms with van der Waals surface area (Å²) in [6.45, 7) is 0. The molecule has 0 aromatic heterocycles. The second kappa shape index (κ2) is 6.61. The first-order chi connectivity index (χ1) is 14.0. The molecule has 4 saturated carbocycles. The van der Waals surface area contributed by atoms with Gasteiger partial charge in [-0.1, -0.05) is 30.3 Å². The lowest BCUT2D eigenvalue weighted by atomic mass is 9.42. The molecule has 2 amide bonds. The van der Waals surface area contributed by atoms with E-state index in [-0.39, 0.29) is 23.0 Å². The lowest BCUT2D eigenvalue weighted by Gasteiger charge is -2.61. The number of hydrogen-bond acceptors (Lipinski definition) is 3. The molecule has 29 heavy (non-hydrogen) atoms. The molecular weight excluding hydrogens is 364 g/mol. The van der Waals surface area contributed by atoms with Crippen LogP contribution in [0.1, 0.15) is 54.4 Å². The largest absolute Gasteiger partial charge is 0.508 e. The van der Waals surface area contributed by atoms with E-state index in [0.717, 1.165) is 19.3 Å². The predicted octanol–water partition coefficient (Wildman–Crippen LogP) is 3.69. The number of phenols is 1. The summed E-state index contributed by atoms with van der Waals surface area (Å²) in [7, 11) is 0. The van der Waals surface area contributed by atoms with E-state index in [1.54, 1.807) is 0 Å². The highest BCUT2D eigenvalue weighted by Crippen LogP contribution is 2.65. The molecule has 2 aromatic rings. The number of hydrogen-bond donors (Lipinski definition) is 3. The van der Waals surface area contributed by atoms with Crippen molar-refractivity contribution in [3.8, 4) is 5.75 Å². The van der Waals surface area contributed by atoms with Gasteiger partial charge in [-0.15, -0.1) is 0 Å². The molecule has 0 aliphatic heterocycles. The van der Waals surface area contributed by atoms with Crippen molar-refractivity contribution in [1.29, 1.82) is 0 Å². The van der Waals surface area contributed by atoms with Gasteiger partial charge in [-0.05, 0) is 85.6 Å². The van der Waals surface area contributed by atoms with Crippen molar-refractivity contribution in [2.24, 2.45) is 17.3 Å². The highest BCUT2D eigenvalue weighted by molar-refractivity contribution is 5.96. The third-order valence-corrected chi connectivity index (χ3v) is 7.35. The average molecular weight is 390 g/mol. The Morgan fingerprint density at radius 2 is 1.52 bits per heavy atom. The summed E-state index contributed by atoms with van der Waals surface area (Å²) >= 11 is 0. The Bertz CT molecular complexity index is 924. The normalized spacial score (nSPS) is 32.0. The van der Waals surface area contributed by atoms with Crippen molar-refractivity contribution in [2.45, 2.75) is 43.9 Å². The fourth-order valence-corrected chi connectivity index (χ4v) is 6.59. The Kier molecular flexibility index (Phi) is 4.16. The minimum Gasteiger partial charge on any atom is -0.508 e. The standard InChI is InChI=1S/C24H26N2O3/c27-20-8-6-18(7-9-20)21(28)25-26-22(29)24-13-16-10-17(14-24)12-23(11-16,15-24)19-4-2-1-3-5-19/h1-9,16-17,27H,10-15H2,(H,25,28)(H,26,29)/t16-,17+,23?,24?. The van der Waals surface area contributed by atoms with Gasteiger partial charge in [-0.2, -0.15) is 0 Å². The Labute approximate surface area is 170 Å². The topological polar surface area (TPSA) is 78.4 Å². The highest BCUT2D eigenvalue weighted by atomic mass is 16.3. The van der Waals surface area contributed by atoms with Crippen molar-refractivity contribution in [2.75, 3.05) is 0 Å². The first-order valence-corrected chi connectivity index (χ1v) is 10.4. The molecule has 4 bridgehead atoms.